The van der Waals surface area contributed by atoms with E-state index in [1.54, 1.807) is 11.2 Å². The van der Waals surface area contributed by atoms with E-state index in [0.29, 0.717) is 18.4 Å². The molecule has 0 aliphatic carbocycles. The van der Waals surface area contributed by atoms with Crippen LogP contribution in [-0.2, 0) is 6.42 Å². The number of benzene rings is 1. The van der Waals surface area contributed by atoms with Crippen LogP contribution in [0.3, 0.4) is 0 Å². The first-order valence-electron chi connectivity index (χ1n) is 8.25. The van der Waals surface area contributed by atoms with Crippen molar-refractivity contribution in [1.29, 1.82) is 0 Å². The summed E-state index contributed by atoms with van der Waals surface area (Å²) in [7, 11) is 0. The van der Waals surface area contributed by atoms with Gasteiger partial charge in [-0.2, -0.15) is 0 Å². The maximum Gasteiger partial charge on any atom is 0.297 e. The molecule has 1 aromatic carbocycles. The Morgan fingerprint density at radius 3 is 3.13 bits per heavy atom. The molecule has 2 aliphatic heterocycles. The van der Waals surface area contributed by atoms with Gasteiger partial charge in [-0.3, -0.25) is 4.79 Å². The summed E-state index contributed by atoms with van der Waals surface area (Å²) in [5, 5.41) is 7.81. The minimum absolute atomic E-state index is 0.100. The van der Waals surface area contributed by atoms with Crippen LogP contribution in [-0.4, -0.2) is 40.3 Å². The number of hydrogen-bond acceptors (Lipinski definition) is 4. The number of carbonyl (C=O) groups excluding carboxylic acids is 1. The molecule has 1 aromatic heterocycles. The van der Waals surface area contributed by atoms with E-state index in [2.05, 4.69) is 33.6 Å². The largest absolute Gasteiger partial charge is 0.315 e. The summed E-state index contributed by atoms with van der Waals surface area (Å²) >= 11 is 0. The van der Waals surface area contributed by atoms with Gasteiger partial charge in [0.15, 0.2) is 0 Å². The van der Waals surface area contributed by atoms with Crippen LogP contribution >= 0.6 is 0 Å². The fourth-order valence-electron chi connectivity index (χ4n) is 3.43. The van der Waals surface area contributed by atoms with Crippen molar-refractivity contribution in [2.45, 2.75) is 32.2 Å². The van der Waals surface area contributed by atoms with E-state index in [9.17, 15) is 4.79 Å². The molecular formula is C17H21N5O. The van der Waals surface area contributed by atoms with Crippen molar-refractivity contribution in [2.24, 2.45) is 0 Å². The number of aromatic nitrogens is 3. The van der Waals surface area contributed by atoms with Crippen LogP contribution < -0.4 is 10.2 Å². The van der Waals surface area contributed by atoms with Crippen LogP contribution in [0.15, 0.2) is 24.5 Å². The molecule has 3 heterocycles. The lowest BCUT2D eigenvalue weighted by Gasteiger charge is -2.22. The Bertz CT molecular complexity index is 732. The van der Waals surface area contributed by atoms with Gasteiger partial charge < -0.3 is 10.2 Å². The monoisotopic (exact) mass is 311 g/mol. The third kappa shape index (κ3) is 2.63. The van der Waals surface area contributed by atoms with Crippen molar-refractivity contribution in [2.75, 3.05) is 24.5 Å². The van der Waals surface area contributed by atoms with Crippen molar-refractivity contribution >= 4 is 11.6 Å². The predicted octanol–water partition coefficient (Wildman–Crippen LogP) is 1.71. The number of piperidine rings is 1. The summed E-state index contributed by atoms with van der Waals surface area (Å²) < 4.78 is 1.84. The number of nitrogens with one attached hydrogen (secondary N) is 1. The van der Waals surface area contributed by atoms with Crippen LogP contribution in [0.5, 0.6) is 0 Å². The van der Waals surface area contributed by atoms with E-state index in [4.69, 9.17) is 0 Å². The van der Waals surface area contributed by atoms with Gasteiger partial charge in [0.25, 0.3) is 5.91 Å². The third-order valence-corrected chi connectivity index (χ3v) is 4.73. The normalized spacial score (nSPS) is 20.6. The molecule has 1 unspecified atom stereocenters. The van der Waals surface area contributed by atoms with Gasteiger partial charge in [0.1, 0.15) is 6.33 Å². The lowest BCUT2D eigenvalue weighted by molar-refractivity contribution is 0.0978. The van der Waals surface area contributed by atoms with Crippen LogP contribution in [0.1, 0.15) is 40.6 Å². The molecule has 1 fully saturated rings. The second-order valence-corrected chi connectivity index (χ2v) is 6.39. The first-order valence-corrected chi connectivity index (χ1v) is 8.25. The summed E-state index contributed by atoms with van der Waals surface area (Å²) in [6.45, 7) is 4.70. The number of fused-ring (bicyclic) bond motifs is 1. The Morgan fingerprint density at radius 2 is 2.30 bits per heavy atom. The summed E-state index contributed by atoms with van der Waals surface area (Å²) in [4.78, 5) is 18.9. The first-order chi connectivity index (χ1) is 11.2. The van der Waals surface area contributed by atoms with Crippen LogP contribution in [0, 0.1) is 6.92 Å². The quantitative estimate of drug-likeness (QED) is 0.917. The first kappa shape index (κ1) is 14.4. The zero-order valence-corrected chi connectivity index (χ0v) is 13.3. The molecule has 2 aliphatic rings. The van der Waals surface area contributed by atoms with Gasteiger partial charge in [0.05, 0.1) is 6.04 Å². The molecule has 23 heavy (non-hydrogen) atoms. The number of carbonyl (C=O) groups is 1. The highest BCUT2D eigenvalue weighted by molar-refractivity contribution is 6.04. The van der Waals surface area contributed by atoms with Crippen molar-refractivity contribution < 1.29 is 4.79 Å². The second kappa shape index (κ2) is 5.77. The fraction of sp³-hybridized carbons (Fsp3) is 0.471. The molecule has 2 aromatic rings. The number of anilines is 1. The minimum Gasteiger partial charge on any atom is -0.315 e. The van der Waals surface area contributed by atoms with E-state index in [1.165, 1.54) is 5.56 Å². The molecule has 1 atom stereocenters. The van der Waals surface area contributed by atoms with Crippen molar-refractivity contribution in [3.63, 3.8) is 0 Å². The number of amides is 1. The highest BCUT2D eigenvalue weighted by atomic mass is 16.2. The van der Waals surface area contributed by atoms with Gasteiger partial charge in [-0.05, 0) is 49.9 Å². The maximum absolute atomic E-state index is 12.8. The number of hydrogen-bond donors (Lipinski definition) is 1. The van der Waals surface area contributed by atoms with Crippen molar-refractivity contribution in [3.8, 4) is 0 Å². The zero-order chi connectivity index (χ0) is 15.8. The maximum atomic E-state index is 12.8. The third-order valence-electron chi connectivity index (χ3n) is 4.73. The zero-order valence-electron chi connectivity index (χ0n) is 13.3. The highest BCUT2D eigenvalue weighted by Crippen LogP contribution is 2.29. The van der Waals surface area contributed by atoms with E-state index in [-0.39, 0.29) is 5.91 Å². The molecule has 4 rings (SSSR count). The van der Waals surface area contributed by atoms with E-state index < -0.39 is 0 Å². The van der Waals surface area contributed by atoms with Crippen molar-refractivity contribution in [1.82, 2.24) is 20.1 Å². The van der Waals surface area contributed by atoms with Gasteiger partial charge in [0.2, 0.25) is 5.82 Å². The lowest BCUT2D eigenvalue weighted by atomic mass is 10.1. The predicted molar refractivity (Wildman–Crippen MR) is 87.7 cm³/mol. The molecule has 0 bridgehead atoms. The molecule has 6 nitrogen and oxygen atoms in total. The van der Waals surface area contributed by atoms with Gasteiger partial charge >= 0.3 is 0 Å². The Balaban J connectivity index is 1.56. The highest BCUT2D eigenvalue weighted by Gasteiger charge is 2.28. The summed E-state index contributed by atoms with van der Waals surface area (Å²) in [5.41, 5.74) is 3.39. The molecule has 0 radical (unpaired) electrons. The molecular weight excluding hydrogens is 290 g/mol. The van der Waals surface area contributed by atoms with Gasteiger partial charge in [-0.25, -0.2) is 9.67 Å². The Kier molecular flexibility index (Phi) is 3.61. The van der Waals surface area contributed by atoms with Crippen molar-refractivity contribution in [3.05, 3.63) is 41.5 Å². The Labute approximate surface area is 135 Å². The summed E-state index contributed by atoms with van der Waals surface area (Å²) in [6.07, 6.45) is 4.80. The fourth-order valence-corrected chi connectivity index (χ4v) is 3.43. The van der Waals surface area contributed by atoms with E-state index in [0.717, 1.165) is 43.6 Å². The van der Waals surface area contributed by atoms with Crippen LogP contribution in [0.25, 0.3) is 0 Å². The van der Waals surface area contributed by atoms with Gasteiger partial charge in [-0.15, -0.1) is 5.10 Å². The molecule has 1 saturated heterocycles. The molecule has 120 valence electrons. The van der Waals surface area contributed by atoms with E-state index >= 15 is 0 Å². The van der Waals surface area contributed by atoms with Gasteiger partial charge in [0, 0.05) is 18.8 Å². The molecule has 0 saturated carbocycles. The summed E-state index contributed by atoms with van der Waals surface area (Å²) in [6, 6.07) is 6.57. The SMILES string of the molecule is Cc1ccc2c(c1)N(C(=O)c1ncn(C3CCCNC3)n1)CC2. The number of aryl methyl sites for hydroxylation is 1. The standard InChI is InChI=1S/C17H21N5O/c1-12-4-5-13-6-8-21(15(13)9-12)17(23)16-19-11-22(20-16)14-3-2-7-18-10-14/h4-5,9,11,14,18H,2-3,6-8,10H2,1H3. The Morgan fingerprint density at radius 1 is 1.39 bits per heavy atom. The number of nitrogens with zero attached hydrogens (tertiary/aromatic N) is 4. The smallest absolute Gasteiger partial charge is 0.297 e. The minimum atomic E-state index is -0.100. The summed E-state index contributed by atoms with van der Waals surface area (Å²) in [5.74, 6) is 0.196. The van der Waals surface area contributed by atoms with Crippen LogP contribution in [0.4, 0.5) is 5.69 Å². The molecule has 1 N–H and O–H groups in total. The average molecular weight is 311 g/mol. The Hall–Kier alpha value is -2.21. The van der Waals surface area contributed by atoms with E-state index in [1.807, 2.05) is 11.6 Å². The number of rotatable bonds is 2. The lowest BCUT2D eigenvalue weighted by Crippen LogP contribution is -2.33. The molecule has 1 amide bonds. The molecule has 6 heteroatoms. The topological polar surface area (TPSA) is 63.1 Å². The molecule has 0 spiro atoms. The average Bonchev–Trinajstić information content (AvgIpc) is 3.22. The van der Waals surface area contributed by atoms with Gasteiger partial charge in [-0.1, -0.05) is 12.1 Å². The van der Waals surface area contributed by atoms with Crippen LogP contribution in [0.2, 0.25) is 0 Å². The second-order valence-electron chi connectivity index (χ2n) is 6.39.